The summed E-state index contributed by atoms with van der Waals surface area (Å²) in [5, 5.41) is 7.18. The average Bonchev–Trinajstić information content (AvgIpc) is 2.76. The number of nitrogens with zero attached hydrogens (tertiary/aromatic N) is 1. The van der Waals surface area contributed by atoms with Crippen molar-refractivity contribution in [1.82, 2.24) is 5.16 Å². The van der Waals surface area contributed by atoms with Crippen molar-refractivity contribution in [2.75, 3.05) is 25.3 Å². The van der Waals surface area contributed by atoms with Crippen LogP contribution in [-0.4, -0.2) is 19.4 Å². The number of nitrogen functional groups attached to an aromatic ring is 1. The predicted molar refractivity (Wildman–Crippen MR) is 77.3 cm³/mol. The van der Waals surface area contributed by atoms with E-state index in [1.165, 1.54) is 0 Å². The smallest absolute Gasteiger partial charge is 0.162 e. The lowest BCUT2D eigenvalue weighted by Crippen LogP contribution is -2.05. The van der Waals surface area contributed by atoms with Gasteiger partial charge in [0.15, 0.2) is 11.5 Å². The number of hydrogen-bond acceptors (Lipinski definition) is 6. The number of benzene rings is 1. The molecule has 1 aromatic carbocycles. The molecule has 0 saturated carbocycles. The van der Waals surface area contributed by atoms with Crippen LogP contribution in [0.5, 0.6) is 11.5 Å². The summed E-state index contributed by atoms with van der Waals surface area (Å²) in [6.07, 6.45) is 0. The Kier molecular flexibility index (Phi) is 4.02. The van der Waals surface area contributed by atoms with Crippen molar-refractivity contribution < 1.29 is 14.0 Å². The zero-order chi connectivity index (χ0) is 14.7. The first-order chi connectivity index (χ1) is 9.56. The molecule has 0 atom stereocenters. The second kappa shape index (κ2) is 5.73. The number of anilines is 2. The minimum atomic E-state index is 0.584. The number of hydrogen-bond donors (Lipinski definition) is 2. The van der Waals surface area contributed by atoms with Crippen LogP contribution in [0.15, 0.2) is 16.7 Å². The molecule has 2 aromatic rings. The minimum Gasteiger partial charge on any atom is -0.493 e. The van der Waals surface area contributed by atoms with Crippen LogP contribution < -0.4 is 20.5 Å². The van der Waals surface area contributed by atoms with Crippen LogP contribution in [-0.2, 0) is 6.54 Å². The highest BCUT2D eigenvalue weighted by Gasteiger charge is 2.12. The first-order valence-electron chi connectivity index (χ1n) is 6.24. The first-order valence-corrected chi connectivity index (χ1v) is 6.24. The topological polar surface area (TPSA) is 82.5 Å². The molecule has 0 radical (unpaired) electrons. The third-order valence-corrected chi connectivity index (χ3v) is 3.19. The second-order valence-corrected chi connectivity index (χ2v) is 4.45. The Hall–Kier alpha value is -2.37. The van der Waals surface area contributed by atoms with Gasteiger partial charge < -0.3 is 25.0 Å². The maximum absolute atomic E-state index is 6.00. The number of rotatable bonds is 5. The fourth-order valence-electron chi connectivity index (χ4n) is 1.99. The lowest BCUT2D eigenvalue weighted by atomic mass is 10.2. The Morgan fingerprint density at radius 1 is 1.20 bits per heavy atom. The summed E-state index contributed by atoms with van der Waals surface area (Å²) < 4.78 is 15.6. The molecule has 1 heterocycles. The van der Waals surface area contributed by atoms with Gasteiger partial charge in [0.1, 0.15) is 5.76 Å². The van der Waals surface area contributed by atoms with Crippen molar-refractivity contribution >= 4 is 11.4 Å². The van der Waals surface area contributed by atoms with Crippen molar-refractivity contribution in [2.24, 2.45) is 0 Å². The summed E-state index contributed by atoms with van der Waals surface area (Å²) in [6.45, 7) is 4.38. The van der Waals surface area contributed by atoms with Crippen molar-refractivity contribution in [3.8, 4) is 11.5 Å². The fourth-order valence-corrected chi connectivity index (χ4v) is 1.99. The van der Waals surface area contributed by atoms with Gasteiger partial charge in [-0.2, -0.15) is 0 Å². The van der Waals surface area contributed by atoms with Gasteiger partial charge in [0, 0.05) is 24.2 Å². The molecule has 0 bridgehead atoms. The highest BCUT2D eigenvalue weighted by atomic mass is 16.5. The molecule has 0 saturated heterocycles. The van der Waals surface area contributed by atoms with E-state index in [1.54, 1.807) is 20.3 Å². The largest absolute Gasteiger partial charge is 0.493 e. The molecule has 0 aliphatic heterocycles. The van der Waals surface area contributed by atoms with Crippen LogP contribution in [0.2, 0.25) is 0 Å². The lowest BCUT2D eigenvalue weighted by Gasteiger charge is -2.14. The van der Waals surface area contributed by atoms with E-state index in [0.29, 0.717) is 23.7 Å². The lowest BCUT2D eigenvalue weighted by molar-refractivity contribution is 0.355. The SMILES string of the molecule is COc1cc(N)c(NCc2c(C)noc2C)cc1OC. The standard InChI is InChI=1S/C14H19N3O3/c1-8-10(9(2)20-17-8)7-16-12-6-14(19-4)13(18-3)5-11(12)15/h5-6,16H,7,15H2,1-4H3. The summed E-state index contributed by atoms with van der Waals surface area (Å²) in [7, 11) is 3.17. The number of methoxy groups -OCH3 is 2. The Balaban J connectivity index is 2.21. The molecule has 0 amide bonds. The molecule has 2 rings (SSSR count). The average molecular weight is 277 g/mol. The van der Waals surface area contributed by atoms with E-state index in [-0.39, 0.29) is 0 Å². The summed E-state index contributed by atoms with van der Waals surface area (Å²) in [5.74, 6) is 2.03. The Morgan fingerprint density at radius 3 is 2.40 bits per heavy atom. The van der Waals surface area contributed by atoms with Gasteiger partial charge in [-0.1, -0.05) is 5.16 Å². The third-order valence-electron chi connectivity index (χ3n) is 3.19. The molecular weight excluding hydrogens is 258 g/mol. The van der Waals surface area contributed by atoms with Gasteiger partial charge in [-0.3, -0.25) is 0 Å². The van der Waals surface area contributed by atoms with E-state index in [2.05, 4.69) is 10.5 Å². The molecule has 108 valence electrons. The van der Waals surface area contributed by atoms with Crippen LogP contribution in [0.25, 0.3) is 0 Å². The molecule has 6 heteroatoms. The predicted octanol–water partition coefficient (Wildman–Crippen LogP) is 2.50. The van der Waals surface area contributed by atoms with E-state index in [0.717, 1.165) is 22.7 Å². The number of ether oxygens (including phenoxy) is 2. The van der Waals surface area contributed by atoms with Crippen molar-refractivity contribution in [3.63, 3.8) is 0 Å². The highest BCUT2D eigenvalue weighted by Crippen LogP contribution is 2.35. The molecule has 3 N–H and O–H groups in total. The van der Waals surface area contributed by atoms with E-state index in [9.17, 15) is 0 Å². The van der Waals surface area contributed by atoms with Crippen molar-refractivity contribution in [3.05, 3.63) is 29.2 Å². The molecular formula is C14H19N3O3. The molecule has 0 spiro atoms. The number of aryl methyl sites for hydroxylation is 2. The van der Waals surface area contributed by atoms with Crippen LogP contribution >= 0.6 is 0 Å². The van der Waals surface area contributed by atoms with Gasteiger partial charge >= 0.3 is 0 Å². The summed E-state index contributed by atoms with van der Waals surface area (Å²) in [6, 6.07) is 3.54. The fraction of sp³-hybridized carbons (Fsp3) is 0.357. The molecule has 1 aromatic heterocycles. The number of nitrogens with two attached hydrogens (primary N) is 1. The van der Waals surface area contributed by atoms with Crippen molar-refractivity contribution in [1.29, 1.82) is 0 Å². The Bertz CT molecular complexity index is 588. The molecule has 0 fully saturated rings. The van der Waals surface area contributed by atoms with E-state index < -0.39 is 0 Å². The van der Waals surface area contributed by atoms with Gasteiger partial charge in [-0.25, -0.2) is 0 Å². The Morgan fingerprint density at radius 2 is 1.85 bits per heavy atom. The van der Waals surface area contributed by atoms with Crippen LogP contribution in [0.4, 0.5) is 11.4 Å². The van der Waals surface area contributed by atoms with Crippen LogP contribution in [0, 0.1) is 13.8 Å². The summed E-state index contributed by atoms with van der Waals surface area (Å²) >= 11 is 0. The van der Waals surface area contributed by atoms with Gasteiger partial charge in [0.2, 0.25) is 0 Å². The quantitative estimate of drug-likeness (QED) is 0.817. The monoisotopic (exact) mass is 277 g/mol. The van der Waals surface area contributed by atoms with Crippen molar-refractivity contribution in [2.45, 2.75) is 20.4 Å². The molecule has 20 heavy (non-hydrogen) atoms. The number of nitrogens with one attached hydrogen (secondary N) is 1. The Labute approximate surface area is 117 Å². The summed E-state index contributed by atoms with van der Waals surface area (Å²) in [5.41, 5.74) is 9.27. The van der Waals surface area contributed by atoms with E-state index >= 15 is 0 Å². The second-order valence-electron chi connectivity index (χ2n) is 4.45. The van der Waals surface area contributed by atoms with Gasteiger partial charge in [0.05, 0.1) is 31.3 Å². The molecule has 6 nitrogen and oxygen atoms in total. The van der Waals surface area contributed by atoms with Gasteiger partial charge in [-0.05, 0) is 13.8 Å². The van der Waals surface area contributed by atoms with Crippen LogP contribution in [0.3, 0.4) is 0 Å². The molecule has 0 aliphatic carbocycles. The minimum absolute atomic E-state index is 0.584. The van der Waals surface area contributed by atoms with Gasteiger partial charge in [-0.15, -0.1) is 0 Å². The summed E-state index contributed by atoms with van der Waals surface area (Å²) in [4.78, 5) is 0. The zero-order valence-corrected chi connectivity index (χ0v) is 12.1. The zero-order valence-electron chi connectivity index (χ0n) is 12.1. The highest BCUT2D eigenvalue weighted by molar-refractivity contribution is 5.72. The third kappa shape index (κ3) is 2.64. The maximum atomic E-state index is 6.00. The first kappa shape index (κ1) is 14.0. The van der Waals surface area contributed by atoms with E-state index in [4.69, 9.17) is 19.7 Å². The molecule has 0 unspecified atom stereocenters. The van der Waals surface area contributed by atoms with Crippen LogP contribution in [0.1, 0.15) is 17.0 Å². The normalized spacial score (nSPS) is 10.4. The number of aromatic nitrogens is 1. The maximum Gasteiger partial charge on any atom is 0.162 e. The van der Waals surface area contributed by atoms with E-state index in [1.807, 2.05) is 19.9 Å². The molecule has 0 aliphatic rings. The van der Waals surface area contributed by atoms with Gasteiger partial charge in [0.25, 0.3) is 0 Å².